The molecular formula is C18H24N4O. The van der Waals surface area contributed by atoms with Crippen molar-refractivity contribution in [3.63, 3.8) is 0 Å². The summed E-state index contributed by atoms with van der Waals surface area (Å²) in [6, 6.07) is 6.71. The van der Waals surface area contributed by atoms with E-state index in [0.717, 1.165) is 32.4 Å². The molecule has 0 saturated carbocycles. The van der Waals surface area contributed by atoms with Crippen LogP contribution < -0.4 is 0 Å². The van der Waals surface area contributed by atoms with E-state index in [1.54, 1.807) is 12.7 Å². The molecular weight excluding hydrogens is 288 g/mol. The first-order chi connectivity index (χ1) is 11.1. The maximum absolute atomic E-state index is 12.5. The van der Waals surface area contributed by atoms with Crippen molar-refractivity contribution >= 4 is 5.91 Å². The van der Waals surface area contributed by atoms with Crippen molar-refractivity contribution in [3.05, 3.63) is 47.5 Å². The van der Waals surface area contributed by atoms with Gasteiger partial charge in [-0.15, -0.1) is 0 Å². The lowest BCUT2D eigenvalue weighted by molar-refractivity contribution is -0.132. The predicted octanol–water partition coefficient (Wildman–Crippen LogP) is 2.69. The third-order valence-corrected chi connectivity index (χ3v) is 4.67. The van der Waals surface area contributed by atoms with Crippen molar-refractivity contribution in [1.82, 2.24) is 19.7 Å². The zero-order valence-electron chi connectivity index (χ0n) is 13.9. The SMILES string of the molecule is Cc1ccc(CCC(=O)N2CCCC(n3cncn3)C2)c(C)c1. The third-order valence-electron chi connectivity index (χ3n) is 4.67. The lowest BCUT2D eigenvalue weighted by atomic mass is 10.0. The summed E-state index contributed by atoms with van der Waals surface area (Å²) < 4.78 is 1.88. The number of aryl methyl sites for hydroxylation is 3. The minimum Gasteiger partial charge on any atom is -0.341 e. The maximum Gasteiger partial charge on any atom is 0.222 e. The van der Waals surface area contributed by atoms with Crippen LogP contribution in [-0.4, -0.2) is 38.7 Å². The Morgan fingerprint density at radius 1 is 1.35 bits per heavy atom. The Balaban J connectivity index is 1.57. The van der Waals surface area contributed by atoms with E-state index < -0.39 is 0 Å². The molecule has 23 heavy (non-hydrogen) atoms. The van der Waals surface area contributed by atoms with Crippen molar-refractivity contribution in [2.45, 2.75) is 45.6 Å². The number of amides is 1. The quantitative estimate of drug-likeness (QED) is 0.872. The molecule has 3 rings (SSSR count). The second-order valence-corrected chi connectivity index (χ2v) is 6.44. The summed E-state index contributed by atoms with van der Waals surface area (Å²) >= 11 is 0. The molecule has 0 radical (unpaired) electrons. The van der Waals surface area contributed by atoms with Crippen LogP contribution in [0.15, 0.2) is 30.9 Å². The first kappa shape index (κ1) is 15.7. The van der Waals surface area contributed by atoms with Crippen molar-refractivity contribution < 1.29 is 4.79 Å². The zero-order valence-corrected chi connectivity index (χ0v) is 13.9. The molecule has 0 bridgehead atoms. The maximum atomic E-state index is 12.5. The molecule has 122 valence electrons. The Morgan fingerprint density at radius 3 is 2.96 bits per heavy atom. The molecule has 0 spiro atoms. The van der Waals surface area contributed by atoms with Gasteiger partial charge in [-0.05, 0) is 44.2 Å². The first-order valence-electron chi connectivity index (χ1n) is 8.31. The van der Waals surface area contributed by atoms with E-state index >= 15 is 0 Å². The highest BCUT2D eigenvalue weighted by Gasteiger charge is 2.24. The first-order valence-corrected chi connectivity index (χ1v) is 8.31. The number of carbonyl (C=O) groups is 1. The van der Waals surface area contributed by atoms with Gasteiger partial charge in [0.05, 0.1) is 6.04 Å². The van der Waals surface area contributed by atoms with Gasteiger partial charge in [0.1, 0.15) is 12.7 Å². The van der Waals surface area contributed by atoms with Crippen molar-refractivity contribution in [1.29, 1.82) is 0 Å². The van der Waals surface area contributed by atoms with Gasteiger partial charge < -0.3 is 4.90 Å². The summed E-state index contributed by atoms with van der Waals surface area (Å²) in [5.74, 6) is 0.245. The second kappa shape index (κ2) is 6.94. The highest BCUT2D eigenvalue weighted by molar-refractivity contribution is 5.76. The normalized spacial score (nSPS) is 18.2. The van der Waals surface area contributed by atoms with Gasteiger partial charge in [-0.2, -0.15) is 5.10 Å². The van der Waals surface area contributed by atoms with Crippen LogP contribution in [0.1, 0.15) is 42.0 Å². The highest BCUT2D eigenvalue weighted by atomic mass is 16.2. The summed E-state index contributed by atoms with van der Waals surface area (Å²) in [5.41, 5.74) is 3.81. The lowest BCUT2D eigenvalue weighted by Gasteiger charge is -2.32. The fourth-order valence-corrected chi connectivity index (χ4v) is 3.33. The van der Waals surface area contributed by atoms with Crippen LogP contribution in [0.2, 0.25) is 0 Å². The second-order valence-electron chi connectivity index (χ2n) is 6.44. The highest BCUT2D eigenvalue weighted by Crippen LogP contribution is 2.21. The van der Waals surface area contributed by atoms with Crippen molar-refractivity contribution in [3.8, 4) is 0 Å². The van der Waals surface area contributed by atoms with E-state index in [9.17, 15) is 4.79 Å². The lowest BCUT2D eigenvalue weighted by Crippen LogP contribution is -2.41. The van der Waals surface area contributed by atoms with Crippen LogP contribution in [0.3, 0.4) is 0 Å². The molecule has 0 aliphatic carbocycles. The number of rotatable bonds is 4. The molecule has 2 heterocycles. The van der Waals surface area contributed by atoms with Gasteiger partial charge in [-0.1, -0.05) is 23.8 Å². The largest absolute Gasteiger partial charge is 0.341 e. The van der Waals surface area contributed by atoms with Gasteiger partial charge in [0, 0.05) is 19.5 Å². The monoisotopic (exact) mass is 312 g/mol. The standard InChI is InChI=1S/C18H24N4O/c1-14-5-6-16(15(2)10-14)7-8-18(23)21-9-3-4-17(11-21)22-13-19-12-20-22/h5-6,10,12-13,17H,3-4,7-9,11H2,1-2H3. The van der Waals surface area contributed by atoms with Gasteiger partial charge in [0.15, 0.2) is 0 Å². The molecule has 2 aromatic rings. The molecule has 1 aromatic heterocycles. The predicted molar refractivity (Wildman–Crippen MR) is 89.1 cm³/mol. The van der Waals surface area contributed by atoms with Gasteiger partial charge in [-0.3, -0.25) is 4.79 Å². The molecule has 1 amide bonds. The summed E-state index contributed by atoms with van der Waals surface area (Å²) in [4.78, 5) is 18.5. The van der Waals surface area contributed by atoms with E-state index in [2.05, 4.69) is 42.1 Å². The van der Waals surface area contributed by atoms with Crippen LogP contribution in [0.5, 0.6) is 0 Å². The smallest absolute Gasteiger partial charge is 0.222 e. The zero-order chi connectivity index (χ0) is 16.2. The van der Waals surface area contributed by atoms with Gasteiger partial charge in [-0.25, -0.2) is 9.67 Å². The van der Waals surface area contributed by atoms with E-state index in [1.807, 2.05) is 9.58 Å². The summed E-state index contributed by atoms with van der Waals surface area (Å²) in [5, 5.41) is 4.21. The Morgan fingerprint density at radius 2 is 2.22 bits per heavy atom. The Hall–Kier alpha value is -2.17. The summed E-state index contributed by atoms with van der Waals surface area (Å²) in [6.07, 6.45) is 6.78. The Labute approximate surface area is 137 Å². The molecule has 1 atom stereocenters. The van der Waals surface area contributed by atoms with Crippen LogP contribution in [-0.2, 0) is 11.2 Å². The number of carbonyl (C=O) groups excluding carboxylic acids is 1. The van der Waals surface area contributed by atoms with Crippen molar-refractivity contribution in [2.24, 2.45) is 0 Å². The van der Waals surface area contributed by atoms with E-state index in [-0.39, 0.29) is 11.9 Å². The summed E-state index contributed by atoms with van der Waals surface area (Å²) in [7, 11) is 0. The van der Waals surface area contributed by atoms with E-state index in [0.29, 0.717) is 6.42 Å². The summed E-state index contributed by atoms with van der Waals surface area (Å²) in [6.45, 7) is 5.82. The van der Waals surface area contributed by atoms with Crippen LogP contribution >= 0.6 is 0 Å². The minimum absolute atomic E-state index is 0.245. The number of hydrogen-bond donors (Lipinski definition) is 0. The Bertz CT molecular complexity index is 666. The van der Waals surface area contributed by atoms with E-state index in [4.69, 9.17) is 0 Å². The topological polar surface area (TPSA) is 51.0 Å². The molecule has 5 nitrogen and oxygen atoms in total. The van der Waals surface area contributed by atoms with Gasteiger partial charge in [0.25, 0.3) is 0 Å². The average molecular weight is 312 g/mol. The number of nitrogens with zero attached hydrogens (tertiary/aromatic N) is 4. The number of aromatic nitrogens is 3. The number of hydrogen-bond acceptors (Lipinski definition) is 3. The number of likely N-dealkylation sites (tertiary alicyclic amines) is 1. The molecule has 5 heteroatoms. The van der Waals surface area contributed by atoms with Gasteiger partial charge >= 0.3 is 0 Å². The fourth-order valence-electron chi connectivity index (χ4n) is 3.33. The molecule has 1 unspecified atom stereocenters. The molecule has 1 aliphatic rings. The molecule has 0 N–H and O–H groups in total. The van der Waals surface area contributed by atoms with Crippen LogP contribution in [0.4, 0.5) is 0 Å². The average Bonchev–Trinajstić information content (AvgIpc) is 3.08. The molecule has 1 aliphatic heterocycles. The van der Waals surface area contributed by atoms with Crippen molar-refractivity contribution in [2.75, 3.05) is 13.1 Å². The van der Waals surface area contributed by atoms with Gasteiger partial charge in [0.2, 0.25) is 5.91 Å². The fraction of sp³-hybridized carbons (Fsp3) is 0.500. The minimum atomic E-state index is 0.245. The van der Waals surface area contributed by atoms with Crippen LogP contribution in [0, 0.1) is 13.8 Å². The Kier molecular flexibility index (Phi) is 4.74. The molecule has 1 aromatic carbocycles. The molecule has 1 fully saturated rings. The number of benzene rings is 1. The van der Waals surface area contributed by atoms with E-state index in [1.165, 1.54) is 16.7 Å². The number of piperidine rings is 1. The van der Waals surface area contributed by atoms with Crippen LogP contribution in [0.25, 0.3) is 0 Å². The molecule has 1 saturated heterocycles. The third kappa shape index (κ3) is 3.78.